The van der Waals surface area contributed by atoms with Gasteiger partial charge in [-0.25, -0.2) is 4.79 Å². The SMILES string of the molecule is CC1(C)CCC2(C)C(=O)[C@H](O)[C@]3(C)C(=CC[C@@H]4C5(C)CCC(O[C@@H]6O[C@H](C(=O)O)[C@@H](O)[C@@H](O)[C@H]6O)C(C)(C)[C@@H]5CCC43C)C2C1. The van der Waals surface area contributed by atoms with Crippen molar-refractivity contribution in [1.29, 1.82) is 0 Å². The van der Waals surface area contributed by atoms with Crippen LogP contribution in [0.25, 0.3) is 0 Å². The molecule has 6 aliphatic rings. The molecule has 4 saturated carbocycles. The Kier molecular flexibility index (Phi) is 7.69. The predicted octanol–water partition coefficient (Wildman–Crippen LogP) is 4.24. The summed E-state index contributed by atoms with van der Waals surface area (Å²) in [6.45, 7) is 17.9. The Morgan fingerprint density at radius 2 is 1.53 bits per heavy atom. The molecule has 6 rings (SSSR count). The fraction of sp³-hybridized carbons (Fsp3) is 0.889. The average molecular weight is 633 g/mol. The Labute approximate surface area is 267 Å². The van der Waals surface area contributed by atoms with E-state index in [0.717, 1.165) is 44.9 Å². The van der Waals surface area contributed by atoms with Crippen LogP contribution in [0, 0.1) is 50.2 Å². The van der Waals surface area contributed by atoms with E-state index < -0.39 is 59.0 Å². The first kappa shape index (κ1) is 33.5. The minimum Gasteiger partial charge on any atom is -0.479 e. The lowest BCUT2D eigenvalue weighted by molar-refractivity contribution is -0.324. The smallest absolute Gasteiger partial charge is 0.335 e. The van der Waals surface area contributed by atoms with Gasteiger partial charge >= 0.3 is 5.97 Å². The lowest BCUT2D eigenvalue weighted by Gasteiger charge is -2.71. The van der Waals surface area contributed by atoms with E-state index in [0.29, 0.717) is 6.42 Å². The number of hydrogen-bond donors (Lipinski definition) is 5. The number of Topliss-reactive ketones (excluding diaryl/α,β-unsaturated/α-hetero) is 1. The van der Waals surface area contributed by atoms with E-state index in [9.17, 15) is 35.1 Å². The Morgan fingerprint density at radius 3 is 2.18 bits per heavy atom. The molecule has 254 valence electrons. The van der Waals surface area contributed by atoms with Gasteiger partial charge in [0.05, 0.1) is 6.10 Å². The molecule has 1 heterocycles. The number of aliphatic hydroxyl groups excluding tert-OH is 4. The number of carbonyl (C=O) groups is 2. The first-order valence-electron chi connectivity index (χ1n) is 17.2. The maximum Gasteiger partial charge on any atom is 0.335 e. The van der Waals surface area contributed by atoms with E-state index >= 15 is 0 Å². The highest BCUT2D eigenvalue weighted by molar-refractivity contribution is 5.92. The quantitative estimate of drug-likeness (QED) is 0.227. The van der Waals surface area contributed by atoms with Crippen LogP contribution >= 0.6 is 0 Å². The van der Waals surface area contributed by atoms with Gasteiger partial charge in [-0.2, -0.15) is 0 Å². The van der Waals surface area contributed by atoms with Crippen LogP contribution in [0.5, 0.6) is 0 Å². The molecule has 45 heavy (non-hydrogen) atoms. The second-order valence-electron chi connectivity index (χ2n) is 18.0. The minimum absolute atomic E-state index is 0.0206. The Bertz CT molecular complexity index is 1270. The molecule has 9 heteroatoms. The summed E-state index contributed by atoms with van der Waals surface area (Å²) in [6, 6.07) is 0. The summed E-state index contributed by atoms with van der Waals surface area (Å²) in [5.74, 6) is -0.834. The summed E-state index contributed by atoms with van der Waals surface area (Å²) in [7, 11) is 0. The predicted molar refractivity (Wildman–Crippen MR) is 166 cm³/mol. The van der Waals surface area contributed by atoms with Gasteiger partial charge in [-0.1, -0.05) is 67.0 Å². The molecular formula is C36H56O9. The van der Waals surface area contributed by atoms with Gasteiger partial charge in [-0.3, -0.25) is 4.79 Å². The van der Waals surface area contributed by atoms with Gasteiger partial charge in [0.25, 0.3) is 0 Å². The normalized spacial score (nSPS) is 53.7. The van der Waals surface area contributed by atoms with Crippen LogP contribution < -0.4 is 0 Å². The molecule has 5 fully saturated rings. The number of rotatable bonds is 3. The number of aliphatic carboxylic acids is 1. The molecule has 1 aliphatic heterocycles. The molecular weight excluding hydrogens is 576 g/mol. The molecule has 1 saturated heterocycles. The molecule has 0 amide bonds. The zero-order valence-electron chi connectivity index (χ0n) is 28.4. The molecule has 0 aromatic rings. The largest absolute Gasteiger partial charge is 0.479 e. The summed E-state index contributed by atoms with van der Waals surface area (Å²) >= 11 is 0. The fourth-order valence-corrected chi connectivity index (χ4v) is 12.0. The van der Waals surface area contributed by atoms with E-state index in [1.165, 1.54) is 5.57 Å². The van der Waals surface area contributed by atoms with Gasteiger partial charge in [0.1, 0.15) is 24.4 Å². The highest BCUT2D eigenvalue weighted by Gasteiger charge is 2.72. The number of carboxylic acids is 1. The Balaban J connectivity index is 1.31. The van der Waals surface area contributed by atoms with E-state index in [1.807, 2.05) is 0 Å². The Morgan fingerprint density at radius 1 is 0.867 bits per heavy atom. The van der Waals surface area contributed by atoms with Crippen LogP contribution in [0.4, 0.5) is 0 Å². The molecule has 0 bridgehead atoms. The summed E-state index contributed by atoms with van der Waals surface area (Å²) < 4.78 is 11.9. The Hall–Kier alpha value is -1.36. The molecule has 0 radical (unpaired) electrons. The average Bonchev–Trinajstić information content (AvgIpc) is 2.95. The highest BCUT2D eigenvalue weighted by atomic mass is 16.7. The maximum atomic E-state index is 14.2. The van der Waals surface area contributed by atoms with E-state index in [4.69, 9.17) is 9.47 Å². The fourth-order valence-electron chi connectivity index (χ4n) is 12.0. The number of carbonyl (C=O) groups excluding carboxylic acids is 1. The van der Waals surface area contributed by atoms with Crippen molar-refractivity contribution in [2.45, 2.75) is 150 Å². The first-order chi connectivity index (χ1) is 20.7. The van der Waals surface area contributed by atoms with Crippen LogP contribution in [-0.2, 0) is 19.1 Å². The molecule has 0 aromatic carbocycles. The van der Waals surface area contributed by atoms with Crippen molar-refractivity contribution in [3.8, 4) is 0 Å². The zero-order valence-corrected chi connectivity index (χ0v) is 28.4. The van der Waals surface area contributed by atoms with Gasteiger partial charge < -0.3 is 35.0 Å². The number of aliphatic hydroxyl groups is 4. The third-order valence-corrected chi connectivity index (χ3v) is 15.0. The molecule has 5 aliphatic carbocycles. The lowest BCUT2D eigenvalue weighted by Crippen LogP contribution is -2.70. The van der Waals surface area contributed by atoms with Gasteiger partial charge in [0, 0.05) is 10.8 Å². The number of ketones is 1. The van der Waals surface area contributed by atoms with Crippen LogP contribution in [0.2, 0.25) is 0 Å². The standard InChI is InChI=1S/C36H56O9/c1-31(2)15-16-33(5)19(17-31)18-9-10-21-34(6)13-12-22(44-30-25(39)23(37)24(38)26(45-30)29(42)43)32(3,4)20(34)11-14-35(21,7)36(18,8)28(41)27(33)40/h9,19-26,28,30,37-39,41H,10-17H2,1-8H3,(H,42,43)/t19?,20-,21+,22?,23+,24-,25+,26-,28-,30+,33?,34?,35?,36-/m0/s1. The van der Waals surface area contributed by atoms with Gasteiger partial charge in [0.15, 0.2) is 18.2 Å². The van der Waals surface area contributed by atoms with Crippen LogP contribution in [0.1, 0.15) is 107 Å². The highest BCUT2D eigenvalue weighted by Crippen LogP contribution is 2.75. The van der Waals surface area contributed by atoms with Crippen molar-refractivity contribution in [2.75, 3.05) is 0 Å². The van der Waals surface area contributed by atoms with Crippen LogP contribution in [0.3, 0.4) is 0 Å². The van der Waals surface area contributed by atoms with Crippen LogP contribution in [0.15, 0.2) is 11.6 Å². The molecule has 5 unspecified atom stereocenters. The minimum atomic E-state index is -1.76. The second-order valence-corrected chi connectivity index (χ2v) is 18.0. The number of allylic oxidation sites excluding steroid dienone is 1. The van der Waals surface area contributed by atoms with E-state index in [1.54, 1.807) is 0 Å². The second kappa shape index (κ2) is 10.3. The zero-order chi connectivity index (χ0) is 33.3. The monoisotopic (exact) mass is 632 g/mol. The molecule has 0 spiro atoms. The number of carboxylic acid groups (broad SMARTS) is 1. The van der Waals surface area contributed by atoms with Crippen LogP contribution in [-0.4, -0.2) is 80.2 Å². The number of hydrogen-bond acceptors (Lipinski definition) is 8. The number of ether oxygens (including phenoxy) is 2. The topological polar surface area (TPSA) is 154 Å². The summed E-state index contributed by atoms with van der Waals surface area (Å²) in [4.78, 5) is 25.9. The summed E-state index contributed by atoms with van der Waals surface area (Å²) in [5, 5.41) is 52.8. The summed E-state index contributed by atoms with van der Waals surface area (Å²) in [5.41, 5.74) is -0.541. The van der Waals surface area contributed by atoms with Gasteiger partial charge in [-0.15, -0.1) is 0 Å². The van der Waals surface area contributed by atoms with Crippen molar-refractivity contribution < 1.29 is 44.6 Å². The maximum absolute atomic E-state index is 14.2. The molecule has 5 N–H and O–H groups in total. The van der Waals surface area contributed by atoms with Crippen molar-refractivity contribution in [3.05, 3.63) is 11.6 Å². The van der Waals surface area contributed by atoms with Crippen molar-refractivity contribution in [2.24, 2.45) is 50.2 Å². The van der Waals surface area contributed by atoms with Crippen molar-refractivity contribution in [1.82, 2.24) is 0 Å². The van der Waals surface area contributed by atoms with Gasteiger partial charge in [-0.05, 0) is 90.8 Å². The molecule has 14 atom stereocenters. The third kappa shape index (κ3) is 4.39. The van der Waals surface area contributed by atoms with Gasteiger partial charge in [0.2, 0.25) is 0 Å². The van der Waals surface area contributed by atoms with Crippen molar-refractivity contribution in [3.63, 3.8) is 0 Å². The first-order valence-corrected chi connectivity index (χ1v) is 17.2. The summed E-state index contributed by atoms with van der Waals surface area (Å²) in [6.07, 6.45) is -0.303. The van der Waals surface area contributed by atoms with E-state index in [-0.39, 0.29) is 45.9 Å². The lowest BCUT2D eigenvalue weighted by atomic mass is 9.33. The van der Waals surface area contributed by atoms with E-state index in [2.05, 4.69) is 61.5 Å². The molecule has 9 nitrogen and oxygen atoms in total. The molecule has 0 aromatic heterocycles. The van der Waals surface area contributed by atoms with Crippen molar-refractivity contribution >= 4 is 11.8 Å². The third-order valence-electron chi connectivity index (χ3n) is 15.0. The number of fused-ring (bicyclic) bond motifs is 7.